The minimum Gasteiger partial charge on any atom is -0.497 e. The van der Waals surface area contributed by atoms with Gasteiger partial charge in [-0.2, -0.15) is 0 Å². The molecule has 0 aliphatic carbocycles. The number of nitrogens with one attached hydrogen (secondary N) is 2. The smallest absolute Gasteiger partial charge is 0.257 e. The first kappa shape index (κ1) is 13.5. The lowest BCUT2D eigenvalue weighted by atomic mass is 9.99. The minimum atomic E-state index is -0.102. The van der Waals surface area contributed by atoms with Gasteiger partial charge >= 0.3 is 0 Å². The molecular weight excluding hydrogens is 264 g/mol. The topological polar surface area (TPSA) is 50.4 Å². The Morgan fingerprint density at radius 2 is 2.10 bits per heavy atom. The van der Waals surface area contributed by atoms with E-state index >= 15 is 0 Å². The number of hydrogen-bond donors (Lipinski definition) is 2. The first-order valence-corrected chi connectivity index (χ1v) is 7.09. The highest BCUT2D eigenvalue weighted by atomic mass is 16.5. The maximum absolute atomic E-state index is 12.5. The fourth-order valence-corrected chi connectivity index (χ4v) is 2.60. The number of fused-ring (bicyclic) bond motifs is 1. The van der Waals surface area contributed by atoms with Gasteiger partial charge < -0.3 is 15.4 Å². The summed E-state index contributed by atoms with van der Waals surface area (Å²) >= 11 is 0. The van der Waals surface area contributed by atoms with Crippen molar-refractivity contribution in [3.63, 3.8) is 0 Å². The number of rotatable bonds is 3. The molecule has 0 spiro atoms. The van der Waals surface area contributed by atoms with Crippen LogP contribution in [-0.2, 0) is 6.42 Å². The van der Waals surface area contributed by atoms with Crippen LogP contribution in [0.25, 0.3) is 0 Å². The zero-order chi connectivity index (χ0) is 14.7. The van der Waals surface area contributed by atoms with Gasteiger partial charge in [0.1, 0.15) is 5.75 Å². The Bertz CT molecular complexity index is 668. The van der Waals surface area contributed by atoms with Gasteiger partial charge in [0.05, 0.1) is 18.4 Å². The molecule has 0 radical (unpaired) electrons. The van der Waals surface area contributed by atoms with E-state index in [-0.39, 0.29) is 5.91 Å². The maximum Gasteiger partial charge on any atom is 0.257 e. The van der Waals surface area contributed by atoms with Crippen molar-refractivity contribution >= 4 is 17.3 Å². The van der Waals surface area contributed by atoms with Crippen LogP contribution in [0.5, 0.6) is 5.75 Å². The third-order valence-corrected chi connectivity index (χ3v) is 3.65. The van der Waals surface area contributed by atoms with E-state index in [9.17, 15) is 4.79 Å². The molecule has 1 heterocycles. The lowest BCUT2D eigenvalue weighted by Gasteiger charge is -2.20. The number of methoxy groups -OCH3 is 1. The molecule has 0 saturated heterocycles. The van der Waals surface area contributed by atoms with Gasteiger partial charge in [0, 0.05) is 18.3 Å². The molecule has 21 heavy (non-hydrogen) atoms. The van der Waals surface area contributed by atoms with Crippen molar-refractivity contribution in [2.24, 2.45) is 0 Å². The van der Waals surface area contributed by atoms with Crippen LogP contribution in [0.15, 0.2) is 42.5 Å². The van der Waals surface area contributed by atoms with E-state index in [0.717, 1.165) is 36.5 Å². The highest BCUT2D eigenvalue weighted by Gasteiger charge is 2.17. The average Bonchev–Trinajstić information content (AvgIpc) is 2.54. The highest BCUT2D eigenvalue weighted by molar-refractivity contribution is 6.08. The van der Waals surface area contributed by atoms with Crippen LogP contribution < -0.4 is 15.4 Å². The summed E-state index contributed by atoms with van der Waals surface area (Å²) in [7, 11) is 1.61. The van der Waals surface area contributed by atoms with E-state index in [0.29, 0.717) is 5.56 Å². The molecule has 0 fully saturated rings. The van der Waals surface area contributed by atoms with E-state index in [1.807, 2.05) is 30.3 Å². The second-order valence-electron chi connectivity index (χ2n) is 5.06. The van der Waals surface area contributed by atoms with Gasteiger partial charge in [-0.25, -0.2) is 0 Å². The number of carbonyl (C=O) groups excluding carboxylic acids is 1. The van der Waals surface area contributed by atoms with E-state index in [2.05, 4.69) is 16.7 Å². The monoisotopic (exact) mass is 282 g/mol. The van der Waals surface area contributed by atoms with E-state index in [4.69, 9.17) is 4.74 Å². The lowest BCUT2D eigenvalue weighted by Crippen LogP contribution is -2.19. The zero-order valence-corrected chi connectivity index (χ0v) is 12.0. The lowest BCUT2D eigenvalue weighted by molar-refractivity contribution is 0.102. The number of anilines is 2. The Hall–Kier alpha value is -2.49. The van der Waals surface area contributed by atoms with E-state index in [1.165, 1.54) is 5.56 Å². The van der Waals surface area contributed by atoms with Crippen LogP contribution in [0.2, 0.25) is 0 Å². The van der Waals surface area contributed by atoms with Crippen LogP contribution in [0, 0.1) is 0 Å². The van der Waals surface area contributed by atoms with E-state index in [1.54, 1.807) is 13.2 Å². The summed E-state index contributed by atoms with van der Waals surface area (Å²) in [6.07, 6.45) is 2.12. The van der Waals surface area contributed by atoms with Gasteiger partial charge in [-0.1, -0.05) is 18.2 Å². The number of para-hydroxylation sites is 1. The van der Waals surface area contributed by atoms with Gasteiger partial charge in [-0.15, -0.1) is 0 Å². The number of carbonyl (C=O) groups is 1. The number of hydrogen-bond acceptors (Lipinski definition) is 3. The number of benzene rings is 2. The predicted octanol–water partition coefficient (Wildman–Crippen LogP) is 3.31. The molecule has 3 rings (SSSR count). The number of aryl methyl sites for hydroxylation is 1. The fourth-order valence-electron chi connectivity index (χ4n) is 2.60. The molecule has 0 aromatic heterocycles. The molecule has 108 valence electrons. The summed E-state index contributed by atoms with van der Waals surface area (Å²) in [5, 5.41) is 6.26. The second-order valence-corrected chi connectivity index (χ2v) is 5.06. The standard InChI is InChI=1S/C17H18N2O2/c1-21-14-8-3-7-13(11-14)19-17(20)15-9-2-5-12-6-4-10-18-16(12)15/h2-3,5,7-9,11,18H,4,6,10H2,1H3,(H,19,20). The van der Waals surface area contributed by atoms with Gasteiger partial charge in [0.15, 0.2) is 0 Å². The van der Waals surface area contributed by atoms with Crippen molar-refractivity contribution in [1.29, 1.82) is 0 Å². The molecule has 4 nitrogen and oxygen atoms in total. The average molecular weight is 282 g/mol. The minimum absolute atomic E-state index is 0.102. The zero-order valence-electron chi connectivity index (χ0n) is 12.0. The van der Waals surface area contributed by atoms with Crippen LogP contribution in [0.1, 0.15) is 22.3 Å². The first-order valence-electron chi connectivity index (χ1n) is 7.09. The first-order chi connectivity index (χ1) is 10.3. The molecule has 4 heteroatoms. The van der Waals surface area contributed by atoms with Gasteiger partial charge in [-0.3, -0.25) is 4.79 Å². The van der Waals surface area contributed by atoms with Gasteiger partial charge in [0.25, 0.3) is 5.91 Å². The number of amides is 1. The highest BCUT2D eigenvalue weighted by Crippen LogP contribution is 2.27. The maximum atomic E-state index is 12.5. The Kier molecular flexibility index (Phi) is 3.77. The molecule has 0 unspecified atom stereocenters. The Labute approximate surface area is 124 Å². The third kappa shape index (κ3) is 2.84. The Balaban J connectivity index is 1.85. The summed E-state index contributed by atoms with van der Waals surface area (Å²) in [5.74, 6) is 0.621. The summed E-state index contributed by atoms with van der Waals surface area (Å²) in [6, 6.07) is 13.2. The molecule has 1 aliphatic rings. The molecule has 2 aromatic carbocycles. The van der Waals surface area contributed by atoms with E-state index < -0.39 is 0 Å². The van der Waals surface area contributed by atoms with Crippen molar-refractivity contribution in [3.05, 3.63) is 53.6 Å². The quantitative estimate of drug-likeness (QED) is 0.908. The van der Waals surface area contributed by atoms with Gasteiger partial charge in [-0.05, 0) is 36.6 Å². The van der Waals surface area contributed by atoms with Crippen LogP contribution in [-0.4, -0.2) is 19.6 Å². The molecule has 1 amide bonds. The molecule has 0 saturated carbocycles. The molecule has 2 aromatic rings. The molecule has 1 aliphatic heterocycles. The fraction of sp³-hybridized carbons (Fsp3) is 0.235. The molecule has 0 bridgehead atoms. The third-order valence-electron chi connectivity index (χ3n) is 3.65. The van der Waals surface area contributed by atoms with Crippen LogP contribution in [0.3, 0.4) is 0 Å². The van der Waals surface area contributed by atoms with Crippen molar-refractivity contribution in [1.82, 2.24) is 0 Å². The van der Waals surface area contributed by atoms with Crippen molar-refractivity contribution in [2.45, 2.75) is 12.8 Å². The Morgan fingerprint density at radius 3 is 2.95 bits per heavy atom. The normalized spacial score (nSPS) is 13.0. The van der Waals surface area contributed by atoms with Crippen LogP contribution >= 0.6 is 0 Å². The predicted molar refractivity (Wildman–Crippen MR) is 84.2 cm³/mol. The SMILES string of the molecule is COc1cccc(NC(=O)c2cccc3c2NCCC3)c1. The summed E-state index contributed by atoms with van der Waals surface area (Å²) < 4.78 is 5.17. The number of ether oxygens (including phenoxy) is 1. The van der Waals surface area contributed by atoms with Crippen molar-refractivity contribution in [2.75, 3.05) is 24.3 Å². The summed E-state index contributed by atoms with van der Waals surface area (Å²) in [6.45, 7) is 0.913. The largest absolute Gasteiger partial charge is 0.497 e. The Morgan fingerprint density at radius 1 is 1.24 bits per heavy atom. The molecule has 2 N–H and O–H groups in total. The summed E-state index contributed by atoms with van der Waals surface area (Å²) in [4.78, 5) is 12.5. The molecular formula is C17H18N2O2. The van der Waals surface area contributed by atoms with Crippen LogP contribution in [0.4, 0.5) is 11.4 Å². The van der Waals surface area contributed by atoms with Crippen molar-refractivity contribution < 1.29 is 9.53 Å². The molecule has 0 atom stereocenters. The van der Waals surface area contributed by atoms with Crippen molar-refractivity contribution in [3.8, 4) is 5.75 Å². The second kappa shape index (κ2) is 5.87. The van der Waals surface area contributed by atoms with Gasteiger partial charge in [0.2, 0.25) is 0 Å². The summed E-state index contributed by atoms with van der Waals surface area (Å²) in [5.41, 5.74) is 3.59.